The number of aliphatic hydroxyl groups is 1. The zero-order chi connectivity index (χ0) is 38.9. The number of benzene rings is 3. The molecule has 0 heterocycles. The molecule has 12 nitrogen and oxygen atoms in total. The van der Waals surface area contributed by atoms with Gasteiger partial charge in [-0.15, -0.1) is 15.3 Å². The molecule has 0 bridgehead atoms. The molecule has 1 unspecified atom stereocenters. The molecule has 52 heavy (non-hydrogen) atoms. The van der Waals surface area contributed by atoms with E-state index in [0.717, 1.165) is 12.8 Å². The fraction of sp³-hybridized carbons (Fsp3) is 0.450. The lowest BCUT2D eigenvalue weighted by atomic mass is 9.46. The first-order valence-corrected chi connectivity index (χ1v) is 17.2. The normalized spacial score (nSPS) is 16.9. The SMILES string of the molecule is CC(C)(C)CC(C)(C)C1(C(C)(C)CC(C)(C)C)C=C(/N=N/c2ccccc2[N+](=O)[O-])C(O)C(c2cccc(/N=N/c3ccccc3[N+](=O)[O-])c2O)=C1. The molecule has 3 aromatic rings. The molecule has 12 heteroatoms. The highest BCUT2D eigenvalue weighted by Crippen LogP contribution is 2.64. The summed E-state index contributed by atoms with van der Waals surface area (Å²) in [6.45, 7) is 21.8. The Morgan fingerprint density at radius 2 is 1.06 bits per heavy atom. The molecule has 0 saturated heterocycles. The zero-order valence-corrected chi connectivity index (χ0v) is 31.7. The van der Waals surface area contributed by atoms with Gasteiger partial charge in [0.2, 0.25) is 0 Å². The third-order valence-electron chi connectivity index (χ3n) is 9.54. The summed E-state index contributed by atoms with van der Waals surface area (Å²) in [5.74, 6) is -0.289. The van der Waals surface area contributed by atoms with Gasteiger partial charge in [-0.2, -0.15) is 5.11 Å². The van der Waals surface area contributed by atoms with Crippen molar-refractivity contribution in [3.63, 3.8) is 0 Å². The molecule has 1 atom stereocenters. The summed E-state index contributed by atoms with van der Waals surface area (Å²) in [4.78, 5) is 22.3. The number of aromatic hydroxyl groups is 1. The molecule has 0 fully saturated rings. The number of azo groups is 2. The molecule has 0 saturated carbocycles. The van der Waals surface area contributed by atoms with Gasteiger partial charge in [0.15, 0.2) is 17.1 Å². The van der Waals surface area contributed by atoms with Crippen molar-refractivity contribution in [2.75, 3.05) is 0 Å². The van der Waals surface area contributed by atoms with E-state index in [1.54, 1.807) is 30.3 Å². The number of hydrogen-bond donors (Lipinski definition) is 2. The summed E-state index contributed by atoms with van der Waals surface area (Å²) in [5, 5.41) is 64.4. The monoisotopic (exact) mass is 710 g/mol. The molecule has 0 aromatic heterocycles. The maximum atomic E-state index is 12.1. The first-order valence-electron chi connectivity index (χ1n) is 17.2. The minimum absolute atomic E-state index is 0.0155. The van der Waals surface area contributed by atoms with Crippen molar-refractivity contribution in [2.45, 2.75) is 88.2 Å². The minimum atomic E-state index is -1.40. The topological polar surface area (TPSA) is 176 Å². The Bertz CT molecular complexity index is 1940. The van der Waals surface area contributed by atoms with Crippen LogP contribution in [0.4, 0.5) is 28.4 Å². The molecule has 276 valence electrons. The van der Waals surface area contributed by atoms with Crippen molar-refractivity contribution < 1.29 is 20.1 Å². The second-order valence-electron chi connectivity index (χ2n) is 17.2. The van der Waals surface area contributed by atoms with Crippen LogP contribution in [0.1, 0.15) is 87.6 Å². The number of nitro benzene ring substituents is 2. The van der Waals surface area contributed by atoms with E-state index in [1.807, 2.05) is 12.2 Å². The van der Waals surface area contributed by atoms with Gasteiger partial charge >= 0.3 is 0 Å². The Kier molecular flexibility index (Phi) is 11.1. The number of phenols is 1. The van der Waals surface area contributed by atoms with Gasteiger partial charge in [0.25, 0.3) is 11.4 Å². The molecule has 2 N–H and O–H groups in total. The van der Waals surface area contributed by atoms with E-state index in [-0.39, 0.29) is 56.3 Å². The van der Waals surface area contributed by atoms with E-state index >= 15 is 0 Å². The lowest BCUT2D eigenvalue weighted by Gasteiger charge is -2.58. The fourth-order valence-electron chi connectivity index (χ4n) is 8.26. The van der Waals surface area contributed by atoms with Gasteiger partial charge in [-0.05, 0) is 64.3 Å². The van der Waals surface area contributed by atoms with Crippen LogP contribution in [0.2, 0.25) is 0 Å². The summed E-state index contributed by atoms with van der Waals surface area (Å²) in [7, 11) is 0. The smallest absolute Gasteiger partial charge is 0.296 e. The van der Waals surface area contributed by atoms with Crippen LogP contribution in [-0.2, 0) is 0 Å². The van der Waals surface area contributed by atoms with Crippen molar-refractivity contribution in [1.82, 2.24) is 0 Å². The van der Waals surface area contributed by atoms with Crippen LogP contribution < -0.4 is 0 Å². The Morgan fingerprint density at radius 3 is 1.52 bits per heavy atom. The molecule has 0 spiro atoms. The first-order chi connectivity index (χ1) is 24.0. The maximum Gasteiger partial charge on any atom is 0.296 e. The summed E-state index contributed by atoms with van der Waals surface area (Å²) in [6.07, 6.45) is 4.12. The van der Waals surface area contributed by atoms with Gasteiger partial charge in [-0.3, -0.25) is 20.2 Å². The summed E-state index contributed by atoms with van der Waals surface area (Å²) < 4.78 is 0. The Labute approximate surface area is 305 Å². The maximum absolute atomic E-state index is 12.1. The average Bonchev–Trinajstić information content (AvgIpc) is 3.01. The number of para-hydroxylation sites is 3. The predicted molar refractivity (Wildman–Crippen MR) is 203 cm³/mol. The highest BCUT2D eigenvalue weighted by Gasteiger charge is 2.56. The van der Waals surface area contributed by atoms with Crippen LogP contribution >= 0.6 is 0 Å². The van der Waals surface area contributed by atoms with Crippen molar-refractivity contribution in [1.29, 1.82) is 0 Å². The van der Waals surface area contributed by atoms with E-state index in [4.69, 9.17) is 0 Å². The Balaban J connectivity index is 2.03. The second kappa shape index (κ2) is 14.5. The summed E-state index contributed by atoms with van der Waals surface area (Å²) in [6, 6.07) is 16.8. The molecule has 4 rings (SSSR count). The van der Waals surface area contributed by atoms with Gasteiger partial charge in [0.1, 0.15) is 11.8 Å². The van der Waals surface area contributed by atoms with Crippen LogP contribution in [0.15, 0.2) is 105 Å². The standard InChI is InChI=1S/C40H50N6O6/c1-36(2,3)24-38(7,8)40(39(9,10)25-37(4,5)6)22-27(35(48)31(23-40)44-42-29-18-12-14-21-33(29)46(51)52)26-16-15-19-30(34(26)47)43-41-28-17-11-13-20-32(28)45(49)50/h11-23,35,47-48H,24-25H2,1-10H3/b43-41+,44-42+. The van der Waals surface area contributed by atoms with Gasteiger partial charge in [-0.1, -0.05) is 112 Å². The van der Waals surface area contributed by atoms with Crippen LogP contribution in [0.3, 0.4) is 0 Å². The second-order valence-corrected chi connectivity index (χ2v) is 17.2. The van der Waals surface area contributed by atoms with Crippen molar-refractivity contribution in [2.24, 2.45) is 47.5 Å². The number of nitro groups is 2. The predicted octanol–water partition coefficient (Wildman–Crippen LogP) is 12.0. The highest BCUT2D eigenvalue weighted by molar-refractivity contribution is 5.81. The molecular formula is C40H50N6O6. The van der Waals surface area contributed by atoms with Crippen LogP contribution in [0.25, 0.3) is 5.57 Å². The van der Waals surface area contributed by atoms with E-state index < -0.39 is 32.2 Å². The zero-order valence-electron chi connectivity index (χ0n) is 31.7. The van der Waals surface area contributed by atoms with Crippen LogP contribution in [-0.4, -0.2) is 26.2 Å². The quantitative estimate of drug-likeness (QED) is 0.114. The van der Waals surface area contributed by atoms with E-state index in [0.29, 0.717) is 5.57 Å². The summed E-state index contributed by atoms with van der Waals surface area (Å²) >= 11 is 0. The van der Waals surface area contributed by atoms with E-state index in [9.17, 15) is 30.4 Å². The van der Waals surface area contributed by atoms with E-state index in [1.165, 1.54) is 36.4 Å². The number of nitrogens with zero attached hydrogens (tertiary/aromatic N) is 6. The fourth-order valence-corrected chi connectivity index (χ4v) is 8.26. The third kappa shape index (κ3) is 8.50. The van der Waals surface area contributed by atoms with Gasteiger partial charge in [-0.25, -0.2) is 0 Å². The van der Waals surface area contributed by atoms with Gasteiger partial charge in [0, 0.05) is 23.1 Å². The number of phenolic OH excluding ortho intramolecular Hbond substituents is 1. The van der Waals surface area contributed by atoms with Crippen LogP contribution in [0, 0.1) is 47.3 Å². The van der Waals surface area contributed by atoms with Gasteiger partial charge in [0.05, 0.1) is 15.5 Å². The largest absolute Gasteiger partial charge is 0.505 e. The van der Waals surface area contributed by atoms with Crippen molar-refractivity contribution in [3.05, 3.63) is 110 Å². The van der Waals surface area contributed by atoms with Crippen LogP contribution in [0.5, 0.6) is 5.75 Å². The molecule has 0 radical (unpaired) electrons. The third-order valence-corrected chi connectivity index (χ3v) is 9.54. The Morgan fingerprint density at radius 1 is 0.635 bits per heavy atom. The number of aliphatic hydroxyl groups excluding tert-OH is 1. The van der Waals surface area contributed by atoms with E-state index in [2.05, 4.69) is 89.7 Å². The molecule has 1 aliphatic carbocycles. The molecular weight excluding hydrogens is 660 g/mol. The Hall–Kier alpha value is -5.10. The average molecular weight is 711 g/mol. The minimum Gasteiger partial charge on any atom is -0.505 e. The number of rotatable bonds is 11. The lowest BCUT2D eigenvalue weighted by molar-refractivity contribution is -0.384. The molecule has 3 aromatic carbocycles. The molecule has 0 aliphatic heterocycles. The molecule has 0 amide bonds. The van der Waals surface area contributed by atoms with Crippen molar-refractivity contribution in [3.8, 4) is 5.75 Å². The highest BCUT2D eigenvalue weighted by atomic mass is 16.6. The summed E-state index contributed by atoms with van der Waals surface area (Å²) in [5.41, 5.74) is -1.60. The van der Waals surface area contributed by atoms with Gasteiger partial charge < -0.3 is 10.2 Å². The molecule has 1 aliphatic rings. The number of allylic oxidation sites excluding steroid dienone is 2. The lowest BCUT2D eigenvalue weighted by Crippen LogP contribution is -2.51. The first kappa shape index (κ1) is 39.7. The number of hydrogen-bond acceptors (Lipinski definition) is 10. The van der Waals surface area contributed by atoms with Crippen molar-refractivity contribution >= 4 is 34.0 Å².